The Morgan fingerprint density at radius 3 is 2.95 bits per heavy atom. The third-order valence-corrected chi connectivity index (χ3v) is 5.52. The van der Waals surface area contributed by atoms with Gasteiger partial charge in [0.05, 0.1) is 19.1 Å². The number of halogens is 1. The Hall–Kier alpha value is -0.430. The van der Waals surface area contributed by atoms with Crippen molar-refractivity contribution < 1.29 is 14.6 Å². The van der Waals surface area contributed by atoms with Gasteiger partial charge in [-0.2, -0.15) is 0 Å². The zero-order valence-electron chi connectivity index (χ0n) is 11.0. The van der Waals surface area contributed by atoms with Crippen LogP contribution in [0.15, 0.2) is 15.9 Å². The van der Waals surface area contributed by atoms with Crippen LogP contribution in [0.5, 0.6) is 0 Å². The molecule has 4 nitrogen and oxygen atoms in total. The molecule has 106 valence electrons. The minimum absolute atomic E-state index is 0.0432. The molecule has 3 unspecified atom stereocenters. The van der Waals surface area contributed by atoms with E-state index >= 15 is 0 Å². The smallest absolute Gasteiger partial charge is 0.310 e. The summed E-state index contributed by atoms with van der Waals surface area (Å²) in [5.74, 6) is -1.19. The molecule has 1 aromatic heterocycles. The van der Waals surface area contributed by atoms with Crippen LogP contribution in [0.1, 0.15) is 24.8 Å². The van der Waals surface area contributed by atoms with Gasteiger partial charge in [0.25, 0.3) is 0 Å². The van der Waals surface area contributed by atoms with Gasteiger partial charge in [0.15, 0.2) is 0 Å². The predicted molar refractivity (Wildman–Crippen MR) is 78.5 cm³/mol. The minimum Gasteiger partial charge on any atom is -0.481 e. The second-order valence-electron chi connectivity index (χ2n) is 4.72. The summed E-state index contributed by atoms with van der Waals surface area (Å²) in [4.78, 5) is 14.8. The molecule has 6 heteroatoms. The highest BCUT2D eigenvalue weighted by molar-refractivity contribution is 9.10. The van der Waals surface area contributed by atoms with Gasteiger partial charge in [0.2, 0.25) is 0 Å². The Kier molecular flexibility index (Phi) is 5.00. The molecule has 0 bridgehead atoms. The third kappa shape index (κ3) is 3.18. The van der Waals surface area contributed by atoms with Crippen LogP contribution in [-0.2, 0) is 9.53 Å². The summed E-state index contributed by atoms with van der Waals surface area (Å²) in [6, 6.07) is 2.26. The molecule has 1 aromatic rings. The largest absolute Gasteiger partial charge is 0.481 e. The van der Waals surface area contributed by atoms with Gasteiger partial charge in [-0.05, 0) is 35.5 Å². The third-order valence-electron chi connectivity index (χ3n) is 3.66. The molecule has 0 amide bonds. The molecule has 0 radical (unpaired) electrons. The Balaban J connectivity index is 2.17. The molecule has 2 heterocycles. The molecule has 1 fully saturated rings. The highest BCUT2D eigenvalue weighted by atomic mass is 79.9. The monoisotopic (exact) mass is 347 g/mol. The van der Waals surface area contributed by atoms with E-state index in [0.717, 1.165) is 11.0 Å². The molecule has 1 aliphatic heterocycles. The first kappa shape index (κ1) is 15.0. The maximum Gasteiger partial charge on any atom is 0.310 e. The maximum absolute atomic E-state index is 11.3. The summed E-state index contributed by atoms with van der Waals surface area (Å²) in [6.45, 7) is 5.82. The molecular formula is C13H18BrNO3S. The van der Waals surface area contributed by atoms with Crippen molar-refractivity contribution in [2.24, 2.45) is 5.92 Å². The average molecular weight is 348 g/mol. The van der Waals surface area contributed by atoms with Crippen LogP contribution in [0.3, 0.4) is 0 Å². The van der Waals surface area contributed by atoms with E-state index in [4.69, 9.17) is 4.74 Å². The number of thiophene rings is 1. The number of nitrogens with zero attached hydrogens (tertiary/aromatic N) is 1. The first-order valence-electron chi connectivity index (χ1n) is 6.34. The van der Waals surface area contributed by atoms with Crippen molar-refractivity contribution >= 4 is 33.2 Å². The fraction of sp³-hybridized carbons (Fsp3) is 0.615. The number of hydrogen-bond acceptors (Lipinski definition) is 4. The Labute approximate surface area is 125 Å². The van der Waals surface area contributed by atoms with E-state index < -0.39 is 11.9 Å². The summed E-state index contributed by atoms with van der Waals surface area (Å²) >= 11 is 5.16. The quantitative estimate of drug-likeness (QED) is 0.889. The van der Waals surface area contributed by atoms with Crippen molar-refractivity contribution in [2.45, 2.75) is 25.9 Å². The molecule has 0 spiro atoms. The van der Waals surface area contributed by atoms with E-state index in [1.807, 2.05) is 0 Å². The number of carboxylic acid groups (broad SMARTS) is 1. The van der Waals surface area contributed by atoms with E-state index in [1.165, 1.54) is 4.88 Å². The van der Waals surface area contributed by atoms with E-state index in [9.17, 15) is 9.90 Å². The van der Waals surface area contributed by atoms with Gasteiger partial charge in [0, 0.05) is 26.8 Å². The van der Waals surface area contributed by atoms with E-state index in [2.05, 4.69) is 46.1 Å². The van der Waals surface area contributed by atoms with Crippen molar-refractivity contribution in [3.63, 3.8) is 0 Å². The second kappa shape index (κ2) is 6.35. The fourth-order valence-electron chi connectivity index (χ4n) is 2.61. The molecule has 1 aliphatic rings. The van der Waals surface area contributed by atoms with Crippen LogP contribution in [-0.4, -0.2) is 41.8 Å². The number of carbonyl (C=O) groups is 1. The topological polar surface area (TPSA) is 49.8 Å². The van der Waals surface area contributed by atoms with E-state index in [0.29, 0.717) is 13.2 Å². The average Bonchev–Trinajstić information content (AvgIpc) is 2.98. The molecule has 0 saturated carbocycles. The van der Waals surface area contributed by atoms with Gasteiger partial charge >= 0.3 is 5.97 Å². The molecule has 19 heavy (non-hydrogen) atoms. The van der Waals surface area contributed by atoms with Gasteiger partial charge in [-0.1, -0.05) is 6.92 Å². The first-order chi connectivity index (χ1) is 9.04. The highest BCUT2D eigenvalue weighted by Gasteiger charge is 2.39. The number of carboxylic acids is 1. The lowest BCUT2D eigenvalue weighted by Gasteiger charge is -2.34. The lowest BCUT2D eigenvalue weighted by atomic mass is 10.0. The van der Waals surface area contributed by atoms with Gasteiger partial charge in [-0.15, -0.1) is 11.3 Å². The number of likely N-dealkylation sites (N-methyl/N-ethyl adjacent to an activating group) is 1. The summed E-state index contributed by atoms with van der Waals surface area (Å²) < 4.78 is 6.45. The van der Waals surface area contributed by atoms with Gasteiger partial charge in [-0.25, -0.2) is 0 Å². The van der Waals surface area contributed by atoms with E-state index in [1.54, 1.807) is 11.3 Å². The zero-order valence-corrected chi connectivity index (χ0v) is 13.4. The highest BCUT2D eigenvalue weighted by Crippen LogP contribution is 2.33. The maximum atomic E-state index is 11.3. The van der Waals surface area contributed by atoms with Crippen LogP contribution < -0.4 is 0 Å². The van der Waals surface area contributed by atoms with Gasteiger partial charge in [-0.3, -0.25) is 9.69 Å². The molecule has 2 rings (SSSR count). The van der Waals surface area contributed by atoms with Crippen molar-refractivity contribution in [2.75, 3.05) is 19.8 Å². The number of aliphatic carboxylic acids is 1. The minimum atomic E-state index is -0.763. The van der Waals surface area contributed by atoms with Crippen LogP contribution >= 0.6 is 27.3 Å². The molecule has 1 N–H and O–H groups in total. The van der Waals surface area contributed by atoms with Crippen LogP contribution in [0.2, 0.25) is 0 Å². The summed E-state index contributed by atoms with van der Waals surface area (Å²) in [6.07, 6.45) is 0. The normalized spacial score (nSPS) is 24.8. The zero-order chi connectivity index (χ0) is 14.0. The molecule has 0 aliphatic carbocycles. The molecule has 1 saturated heterocycles. The van der Waals surface area contributed by atoms with Crippen molar-refractivity contribution in [1.29, 1.82) is 0 Å². The van der Waals surface area contributed by atoms with Gasteiger partial charge < -0.3 is 9.84 Å². The Morgan fingerprint density at radius 1 is 1.68 bits per heavy atom. The number of rotatable bonds is 5. The Bertz CT molecular complexity index is 451. The number of ether oxygens (including phenoxy) is 1. The molecule has 3 atom stereocenters. The summed E-state index contributed by atoms with van der Waals surface area (Å²) in [5.41, 5.74) is 0. The van der Waals surface area contributed by atoms with Crippen LogP contribution in [0, 0.1) is 5.92 Å². The van der Waals surface area contributed by atoms with Crippen molar-refractivity contribution in [1.82, 2.24) is 4.90 Å². The lowest BCUT2D eigenvalue weighted by molar-refractivity contribution is -0.143. The van der Waals surface area contributed by atoms with E-state index in [-0.39, 0.29) is 12.1 Å². The fourth-order valence-corrected chi connectivity index (χ4v) is 4.13. The van der Waals surface area contributed by atoms with Gasteiger partial charge in [0.1, 0.15) is 0 Å². The summed E-state index contributed by atoms with van der Waals surface area (Å²) in [7, 11) is 0. The lowest BCUT2D eigenvalue weighted by Crippen LogP contribution is -2.44. The van der Waals surface area contributed by atoms with Crippen molar-refractivity contribution in [3.05, 3.63) is 20.8 Å². The molecular weight excluding hydrogens is 330 g/mol. The standard InChI is InChI=1S/C13H18BrNO3S/c1-3-15(8(2)12-4-9(14)7-19-12)11-6-18-5-10(11)13(16)17/h4,7-8,10-11H,3,5-6H2,1-2H3,(H,16,17). The second-order valence-corrected chi connectivity index (χ2v) is 6.58. The van der Waals surface area contributed by atoms with Crippen LogP contribution in [0.25, 0.3) is 0 Å². The first-order valence-corrected chi connectivity index (χ1v) is 8.02. The predicted octanol–water partition coefficient (Wildman–Crippen LogP) is 2.99. The van der Waals surface area contributed by atoms with Crippen molar-refractivity contribution in [3.8, 4) is 0 Å². The van der Waals surface area contributed by atoms with Crippen LogP contribution in [0.4, 0.5) is 0 Å². The molecule has 0 aromatic carbocycles. The summed E-state index contributed by atoms with van der Waals surface area (Å²) in [5, 5.41) is 11.3. The Morgan fingerprint density at radius 2 is 2.42 bits per heavy atom. The number of hydrogen-bond donors (Lipinski definition) is 1. The SMILES string of the molecule is CCN(C(C)c1cc(Br)cs1)C1COCC1C(=O)O.